The van der Waals surface area contributed by atoms with Crippen molar-refractivity contribution < 1.29 is 4.42 Å². The van der Waals surface area contributed by atoms with Gasteiger partial charge in [0, 0.05) is 27.6 Å². The Morgan fingerprint density at radius 2 is 1.05 bits per heavy atom. The molecule has 3 heterocycles. The summed E-state index contributed by atoms with van der Waals surface area (Å²) in [5, 5.41) is 3.13. The van der Waals surface area contributed by atoms with Gasteiger partial charge in [0.05, 0.1) is 0 Å². The molecule has 0 N–H and O–H groups in total. The molecular weight excluding hydrogens is 506 g/mol. The van der Waals surface area contributed by atoms with E-state index in [0.29, 0.717) is 23.1 Å². The summed E-state index contributed by atoms with van der Waals surface area (Å²) in [4.78, 5) is 23.7. The Morgan fingerprint density at radius 1 is 0.463 bits per heavy atom. The maximum absolute atomic E-state index is 6.20. The summed E-state index contributed by atoms with van der Waals surface area (Å²) < 4.78 is 6.20. The second-order valence-electron chi connectivity index (χ2n) is 9.81. The molecule has 0 fully saturated rings. The molecule has 8 aromatic rings. The number of para-hydroxylation sites is 1. The first-order chi connectivity index (χ1) is 20.3. The standard InChI is InChI=1S/C35H21N5O/c1-3-9-23(10-4-1)33-38-34(24-11-5-2-6-12-24)40-35(39-33)26-18-16-22-15-17-25(19-27(22)20-26)30-32-31(37-21-36-30)28-13-7-8-14-29(28)41-32/h1-21H. The van der Waals surface area contributed by atoms with Crippen LogP contribution in [0.5, 0.6) is 0 Å². The van der Waals surface area contributed by atoms with Gasteiger partial charge in [0.25, 0.3) is 0 Å². The monoisotopic (exact) mass is 527 g/mol. The van der Waals surface area contributed by atoms with E-state index >= 15 is 0 Å². The minimum atomic E-state index is 0.617. The molecule has 6 heteroatoms. The molecule has 0 saturated heterocycles. The van der Waals surface area contributed by atoms with Crippen LogP contribution in [-0.2, 0) is 0 Å². The fourth-order valence-electron chi connectivity index (χ4n) is 5.20. The normalized spacial score (nSPS) is 11.4. The summed E-state index contributed by atoms with van der Waals surface area (Å²) in [7, 11) is 0. The van der Waals surface area contributed by atoms with Crippen molar-refractivity contribution in [2.45, 2.75) is 0 Å². The zero-order valence-corrected chi connectivity index (χ0v) is 21.8. The van der Waals surface area contributed by atoms with Crippen molar-refractivity contribution in [3.8, 4) is 45.4 Å². The van der Waals surface area contributed by atoms with Crippen LogP contribution in [0.4, 0.5) is 0 Å². The lowest BCUT2D eigenvalue weighted by molar-refractivity contribution is 0.667. The van der Waals surface area contributed by atoms with E-state index in [1.54, 1.807) is 6.33 Å². The second-order valence-corrected chi connectivity index (χ2v) is 9.81. The Morgan fingerprint density at radius 3 is 1.76 bits per heavy atom. The highest BCUT2D eigenvalue weighted by Gasteiger charge is 2.16. The average Bonchev–Trinajstić information content (AvgIpc) is 3.44. The van der Waals surface area contributed by atoms with Crippen LogP contribution in [0.25, 0.3) is 78.3 Å². The Bertz CT molecular complexity index is 2150. The number of hydrogen-bond donors (Lipinski definition) is 0. The van der Waals surface area contributed by atoms with Gasteiger partial charge in [-0.1, -0.05) is 97.1 Å². The molecule has 0 aliphatic rings. The van der Waals surface area contributed by atoms with Gasteiger partial charge in [0.15, 0.2) is 23.1 Å². The molecule has 0 aliphatic carbocycles. The Hall–Kier alpha value is -5.75. The van der Waals surface area contributed by atoms with Crippen LogP contribution in [0.2, 0.25) is 0 Å². The summed E-state index contributed by atoms with van der Waals surface area (Å²) in [6.45, 7) is 0. The van der Waals surface area contributed by atoms with Gasteiger partial charge in [-0.2, -0.15) is 0 Å². The summed E-state index contributed by atoms with van der Waals surface area (Å²) >= 11 is 0. The predicted molar refractivity (Wildman–Crippen MR) is 162 cm³/mol. The molecule has 0 spiro atoms. The highest BCUT2D eigenvalue weighted by molar-refractivity contribution is 6.06. The highest BCUT2D eigenvalue weighted by atomic mass is 16.3. The number of nitrogens with zero attached hydrogens (tertiary/aromatic N) is 5. The molecule has 192 valence electrons. The third-order valence-electron chi connectivity index (χ3n) is 7.23. The topological polar surface area (TPSA) is 77.6 Å². The van der Waals surface area contributed by atoms with Crippen LogP contribution in [0.15, 0.2) is 132 Å². The third kappa shape index (κ3) is 4.10. The number of furan rings is 1. The largest absolute Gasteiger partial charge is 0.452 e. The van der Waals surface area contributed by atoms with Crippen molar-refractivity contribution in [3.63, 3.8) is 0 Å². The minimum absolute atomic E-state index is 0.617. The summed E-state index contributed by atoms with van der Waals surface area (Å²) in [5.74, 6) is 1.89. The molecule has 6 nitrogen and oxygen atoms in total. The Kier molecular flexibility index (Phi) is 5.35. The number of rotatable bonds is 4. The molecule has 0 bridgehead atoms. The lowest BCUT2D eigenvalue weighted by Crippen LogP contribution is -2.00. The molecule has 41 heavy (non-hydrogen) atoms. The van der Waals surface area contributed by atoms with Crippen molar-refractivity contribution in [1.29, 1.82) is 0 Å². The highest BCUT2D eigenvalue weighted by Crippen LogP contribution is 2.35. The smallest absolute Gasteiger partial charge is 0.180 e. The fraction of sp³-hybridized carbons (Fsp3) is 0. The van der Waals surface area contributed by atoms with Crippen LogP contribution in [0.3, 0.4) is 0 Å². The number of fused-ring (bicyclic) bond motifs is 4. The maximum Gasteiger partial charge on any atom is 0.180 e. The number of hydrogen-bond acceptors (Lipinski definition) is 6. The number of benzene rings is 5. The van der Waals surface area contributed by atoms with E-state index in [1.807, 2.05) is 84.9 Å². The zero-order chi connectivity index (χ0) is 27.2. The Labute approximate surface area is 235 Å². The average molecular weight is 528 g/mol. The van der Waals surface area contributed by atoms with Crippen LogP contribution in [0.1, 0.15) is 0 Å². The van der Waals surface area contributed by atoms with E-state index in [1.165, 1.54) is 0 Å². The van der Waals surface area contributed by atoms with E-state index < -0.39 is 0 Å². The maximum atomic E-state index is 6.20. The van der Waals surface area contributed by atoms with Crippen molar-refractivity contribution >= 4 is 32.8 Å². The van der Waals surface area contributed by atoms with Crippen molar-refractivity contribution in [1.82, 2.24) is 24.9 Å². The summed E-state index contributed by atoms with van der Waals surface area (Å²) in [6.07, 6.45) is 1.60. The number of aromatic nitrogens is 5. The van der Waals surface area contributed by atoms with Gasteiger partial charge >= 0.3 is 0 Å². The quantitative estimate of drug-likeness (QED) is 0.229. The third-order valence-corrected chi connectivity index (χ3v) is 7.23. The van der Waals surface area contributed by atoms with E-state index in [0.717, 1.165) is 55.2 Å². The molecule has 3 aromatic heterocycles. The van der Waals surface area contributed by atoms with Gasteiger partial charge < -0.3 is 4.42 Å². The van der Waals surface area contributed by atoms with Crippen LogP contribution in [-0.4, -0.2) is 24.9 Å². The molecule has 0 atom stereocenters. The van der Waals surface area contributed by atoms with Crippen LogP contribution >= 0.6 is 0 Å². The van der Waals surface area contributed by atoms with Gasteiger partial charge in [-0.15, -0.1) is 0 Å². The van der Waals surface area contributed by atoms with Crippen molar-refractivity contribution in [2.75, 3.05) is 0 Å². The first-order valence-corrected chi connectivity index (χ1v) is 13.3. The first-order valence-electron chi connectivity index (χ1n) is 13.3. The van der Waals surface area contributed by atoms with E-state index in [9.17, 15) is 0 Å². The molecule has 0 radical (unpaired) electrons. The lowest BCUT2D eigenvalue weighted by atomic mass is 10.0. The van der Waals surface area contributed by atoms with Crippen LogP contribution in [0, 0.1) is 0 Å². The summed E-state index contributed by atoms with van der Waals surface area (Å²) in [5.41, 5.74) is 6.79. The second kappa shape index (κ2) is 9.47. The van der Waals surface area contributed by atoms with Crippen LogP contribution < -0.4 is 0 Å². The predicted octanol–water partition coefficient (Wildman–Crippen LogP) is 8.38. The van der Waals surface area contributed by atoms with Gasteiger partial charge in [-0.05, 0) is 35.0 Å². The lowest BCUT2D eigenvalue weighted by Gasteiger charge is -2.09. The van der Waals surface area contributed by atoms with Crippen molar-refractivity contribution in [3.05, 3.63) is 128 Å². The molecule has 8 rings (SSSR count). The SMILES string of the molecule is c1ccc(-c2nc(-c3ccccc3)nc(-c3ccc4ccc(-c5ncnc6c5oc5ccccc56)cc4c3)n2)cc1. The molecule has 0 unspecified atom stereocenters. The molecule has 0 saturated carbocycles. The molecule has 0 amide bonds. The molecule has 0 aliphatic heterocycles. The molecular formula is C35H21N5O. The van der Waals surface area contributed by atoms with E-state index in [-0.39, 0.29) is 0 Å². The summed E-state index contributed by atoms with van der Waals surface area (Å²) in [6, 6.07) is 40.5. The van der Waals surface area contributed by atoms with Gasteiger partial charge in [0.2, 0.25) is 0 Å². The first kappa shape index (κ1) is 23.2. The van der Waals surface area contributed by atoms with Gasteiger partial charge in [0.1, 0.15) is 23.1 Å². The zero-order valence-electron chi connectivity index (χ0n) is 21.8. The van der Waals surface area contributed by atoms with E-state index in [2.05, 4.69) is 46.4 Å². The van der Waals surface area contributed by atoms with Gasteiger partial charge in [-0.3, -0.25) is 0 Å². The van der Waals surface area contributed by atoms with E-state index in [4.69, 9.17) is 19.4 Å². The van der Waals surface area contributed by atoms with Gasteiger partial charge in [-0.25, -0.2) is 24.9 Å². The molecule has 5 aromatic carbocycles. The minimum Gasteiger partial charge on any atom is -0.452 e. The van der Waals surface area contributed by atoms with Crippen molar-refractivity contribution in [2.24, 2.45) is 0 Å². The fourth-order valence-corrected chi connectivity index (χ4v) is 5.20. The Balaban J connectivity index is 1.28.